The summed E-state index contributed by atoms with van der Waals surface area (Å²) in [5, 5.41) is 13.1. The van der Waals surface area contributed by atoms with Crippen LogP contribution in [0.3, 0.4) is 0 Å². The van der Waals surface area contributed by atoms with Crippen LogP contribution in [0.4, 0.5) is 10.7 Å². The second-order valence-electron chi connectivity index (χ2n) is 8.12. The van der Waals surface area contributed by atoms with Gasteiger partial charge < -0.3 is 10.1 Å². The molecule has 1 aliphatic carbocycles. The van der Waals surface area contributed by atoms with E-state index in [4.69, 9.17) is 4.74 Å². The Kier molecular flexibility index (Phi) is 6.91. The number of thiophene rings is 1. The number of amides is 1. The van der Waals surface area contributed by atoms with Crippen LogP contribution in [0.25, 0.3) is 0 Å². The minimum absolute atomic E-state index is 0.0448. The van der Waals surface area contributed by atoms with Crippen LogP contribution in [0.1, 0.15) is 51.2 Å². The van der Waals surface area contributed by atoms with Crippen LogP contribution in [0, 0.1) is 18.3 Å². The van der Waals surface area contributed by atoms with Crippen molar-refractivity contribution in [1.82, 2.24) is 0 Å². The number of hydrogen-bond acceptors (Lipinski definition) is 6. The van der Waals surface area contributed by atoms with Crippen LogP contribution >= 0.6 is 11.3 Å². The first kappa shape index (κ1) is 23.8. The maximum atomic E-state index is 13.2. The summed E-state index contributed by atoms with van der Waals surface area (Å²) in [6.45, 7) is 1.74. The van der Waals surface area contributed by atoms with Crippen LogP contribution in [0.5, 0.6) is 5.75 Å². The topological polar surface area (TPSA) is 108 Å². The van der Waals surface area contributed by atoms with Gasteiger partial charge in [0.15, 0.2) is 0 Å². The lowest BCUT2D eigenvalue weighted by molar-refractivity contribution is 0.102. The lowest BCUT2D eigenvalue weighted by atomic mass is 10.1. The van der Waals surface area contributed by atoms with Crippen molar-refractivity contribution in [3.63, 3.8) is 0 Å². The van der Waals surface area contributed by atoms with Crippen molar-refractivity contribution in [2.75, 3.05) is 17.1 Å². The summed E-state index contributed by atoms with van der Waals surface area (Å²) in [5.74, 6) is -0.0580. The fraction of sp³-hybridized carbons (Fsp3) is 0.280. The molecule has 34 heavy (non-hydrogen) atoms. The predicted octanol–water partition coefficient (Wildman–Crippen LogP) is 5.26. The lowest BCUT2D eigenvalue weighted by Crippen LogP contribution is -2.17. The third-order valence-corrected chi connectivity index (χ3v) is 8.45. The molecule has 9 heteroatoms. The highest BCUT2D eigenvalue weighted by Gasteiger charge is 2.23. The van der Waals surface area contributed by atoms with Gasteiger partial charge in [0.1, 0.15) is 16.8 Å². The molecule has 176 valence electrons. The van der Waals surface area contributed by atoms with Crippen molar-refractivity contribution in [2.45, 2.75) is 43.9 Å². The number of fused-ring (bicyclic) bond motifs is 1. The van der Waals surface area contributed by atoms with Gasteiger partial charge in [-0.15, -0.1) is 11.3 Å². The number of ether oxygens (including phenoxy) is 1. The van der Waals surface area contributed by atoms with E-state index in [1.54, 1.807) is 37.3 Å². The van der Waals surface area contributed by atoms with Gasteiger partial charge in [-0.3, -0.25) is 9.52 Å². The summed E-state index contributed by atoms with van der Waals surface area (Å²) < 4.78 is 33.8. The maximum absolute atomic E-state index is 13.2. The van der Waals surface area contributed by atoms with E-state index in [2.05, 4.69) is 16.1 Å². The number of carbonyl (C=O) groups excluding carboxylic acids is 1. The summed E-state index contributed by atoms with van der Waals surface area (Å²) in [5.41, 5.74) is 2.72. The highest BCUT2D eigenvalue weighted by molar-refractivity contribution is 7.92. The molecule has 1 aromatic heterocycles. The summed E-state index contributed by atoms with van der Waals surface area (Å²) in [7, 11) is -2.51. The quantitative estimate of drug-likeness (QED) is 0.454. The number of rotatable bonds is 6. The Labute approximate surface area is 203 Å². The molecule has 7 nitrogen and oxygen atoms in total. The summed E-state index contributed by atoms with van der Waals surface area (Å²) in [4.78, 5) is 14.3. The molecule has 0 aliphatic heterocycles. The Morgan fingerprint density at radius 3 is 2.65 bits per heavy atom. The number of anilines is 2. The second kappa shape index (κ2) is 9.87. The molecular weight excluding hydrogens is 470 g/mol. The van der Waals surface area contributed by atoms with Crippen molar-refractivity contribution in [1.29, 1.82) is 5.26 Å². The lowest BCUT2D eigenvalue weighted by Gasteiger charge is -2.13. The van der Waals surface area contributed by atoms with E-state index in [-0.39, 0.29) is 10.5 Å². The molecule has 0 spiro atoms. The van der Waals surface area contributed by atoms with Crippen molar-refractivity contribution < 1.29 is 17.9 Å². The van der Waals surface area contributed by atoms with Gasteiger partial charge in [-0.2, -0.15) is 5.26 Å². The number of methoxy groups -OCH3 is 1. The van der Waals surface area contributed by atoms with E-state index in [1.807, 2.05) is 0 Å². The molecule has 2 N–H and O–H groups in total. The number of para-hydroxylation sites is 2. The molecule has 2 aromatic carbocycles. The van der Waals surface area contributed by atoms with Gasteiger partial charge >= 0.3 is 0 Å². The summed E-state index contributed by atoms with van der Waals surface area (Å²) in [6.07, 6.45) is 4.99. The zero-order valence-corrected chi connectivity index (χ0v) is 20.6. The Bertz CT molecular complexity index is 1390. The normalized spacial score (nSPS) is 13.3. The first-order valence-electron chi connectivity index (χ1n) is 11.0. The number of nitrogens with one attached hydrogen (secondary N) is 2. The molecule has 0 unspecified atom stereocenters. The Balaban J connectivity index is 1.63. The van der Waals surface area contributed by atoms with Gasteiger partial charge in [-0.05, 0) is 68.0 Å². The van der Waals surface area contributed by atoms with Gasteiger partial charge in [0.2, 0.25) is 0 Å². The largest absolute Gasteiger partial charge is 0.495 e. The summed E-state index contributed by atoms with van der Waals surface area (Å²) >= 11 is 1.45. The molecular formula is C25H25N3O4S2. The first-order valence-corrected chi connectivity index (χ1v) is 13.3. The van der Waals surface area contributed by atoms with Gasteiger partial charge in [0.05, 0.1) is 23.3 Å². The van der Waals surface area contributed by atoms with E-state index < -0.39 is 15.9 Å². The molecule has 4 rings (SSSR count). The fourth-order valence-electron chi connectivity index (χ4n) is 4.06. The van der Waals surface area contributed by atoms with Crippen molar-refractivity contribution in [2.24, 2.45) is 0 Å². The Morgan fingerprint density at radius 2 is 1.88 bits per heavy atom. The third kappa shape index (κ3) is 4.79. The van der Waals surface area contributed by atoms with Crippen molar-refractivity contribution in [3.8, 4) is 11.8 Å². The first-order chi connectivity index (χ1) is 16.3. The number of nitriles is 1. The second-order valence-corrected chi connectivity index (χ2v) is 10.9. The average molecular weight is 496 g/mol. The van der Waals surface area contributed by atoms with E-state index in [0.29, 0.717) is 27.6 Å². The number of aryl methyl sites for hydroxylation is 2. The predicted molar refractivity (Wildman–Crippen MR) is 133 cm³/mol. The molecule has 1 aliphatic rings. The SMILES string of the molecule is COc1ccccc1NS(=O)(=O)c1ccc(C)c(C(=O)Nc2sc3c(c2C#N)CCCCC3)c1. The number of nitrogens with zero attached hydrogens (tertiary/aromatic N) is 1. The molecule has 0 bridgehead atoms. The van der Waals surface area contributed by atoms with E-state index in [1.165, 1.54) is 30.6 Å². The molecule has 0 radical (unpaired) electrons. The molecule has 3 aromatic rings. The van der Waals surface area contributed by atoms with Gasteiger partial charge in [0, 0.05) is 10.4 Å². The Hall–Kier alpha value is -3.35. The van der Waals surface area contributed by atoms with Gasteiger partial charge in [-0.25, -0.2) is 8.42 Å². The molecule has 0 atom stereocenters. The minimum Gasteiger partial charge on any atom is -0.495 e. The molecule has 0 saturated heterocycles. The maximum Gasteiger partial charge on any atom is 0.262 e. The van der Waals surface area contributed by atoms with Crippen LogP contribution < -0.4 is 14.8 Å². The molecule has 1 heterocycles. The molecule has 1 amide bonds. The van der Waals surface area contributed by atoms with Crippen LogP contribution in [0.15, 0.2) is 47.4 Å². The van der Waals surface area contributed by atoms with Crippen molar-refractivity contribution in [3.05, 3.63) is 69.6 Å². The monoisotopic (exact) mass is 495 g/mol. The highest BCUT2D eigenvalue weighted by Crippen LogP contribution is 2.37. The van der Waals surface area contributed by atoms with E-state index in [0.717, 1.165) is 42.5 Å². The van der Waals surface area contributed by atoms with Crippen molar-refractivity contribution >= 4 is 38.0 Å². The molecule has 0 fully saturated rings. The summed E-state index contributed by atoms with van der Waals surface area (Å²) in [6, 6.07) is 13.4. The van der Waals surface area contributed by atoms with Crippen LogP contribution in [-0.2, 0) is 22.9 Å². The minimum atomic E-state index is -3.97. The van der Waals surface area contributed by atoms with Gasteiger partial charge in [0.25, 0.3) is 15.9 Å². The van der Waals surface area contributed by atoms with E-state index in [9.17, 15) is 18.5 Å². The number of sulfonamides is 1. The zero-order valence-electron chi connectivity index (χ0n) is 19.0. The number of hydrogen-bond donors (Lipinski definition) is 2. The fourth-order valence-corrected chi connectivity index (χ4v) is 6.40. The highest BCUT2D eigenvalue weighted by atomic mass is 32.2. The Morgan fingerprint density at radius 1 is 1.12 bits per heavy atom. The number of carbonyl (C=O) groups is 1. The van der Waals surface area contributed by atoms with E-state index >= 15 is 0 Å². The van der Waals surface area contributed by atoms with Gasteiger partial charge in [-0.1, -0.05) is 24.6 Å². The average Bonchev–Trinajstić information content (AvgIpc) is 2.97. The van der Waals surface area contributed by atoms with Crippen LogP contribution in [0.2, 0.25) is 0 Å². The standard InChI is InChI=1S/C25H25N3O4S2/c1-16-12-13-17(34(30,31)28-21-9-6-7-10-22(21)32-2)14-19(16)24(29)27-25-20(15-26)18-8-4-3-5-11-23(18)33-25/h6-7,9-10,12-14,28H,3-5,8,11H2,1-2H3,(H,27,29). The molecule has 0 saturated carbocycles. The number of benzene rings is 2. The third-order valence-electron chi connectivity index (χ3n) is 5.88. The smallest absolute Gasteiger partial charge is 0.262 e. The van der Waals surface area contributed by atoms with Crippen LogP contribution in [-0.4, -0.2) is 21.4 Å². The zero-order chi connectivity index (χ0) is 24.3.